The molecule has 2 heterocycles. The summed E-state index contributed by atoms with van der Waals surface area (Å²) in [7, 11) is 1.18. The number of carbonyl (C=O) groups is 1. The highest BCUT2D eigenvalue weighted by atomic mass is 19.4. The van der Waals surface area contributed by atoms with Gasteiger partial charge in [-0.2, -0.15) is 13.2 Å². The fraction of sp³-hybridized carbons (Fsp3) is 0.130. The normalized spacial score (nSPS) is 11.6. The van der Waals surface area contributed by atoms with E-state index < -0.39 is 40.6 Å². The first-order valence-electron chi connectivity index (χ1n) is 9.79. The van der Waals surface area contributed by atoms with Crippen molar-refractivity contribution < 1.29 is 31.5 Å². The lowest BCUT2D eigenvalue weighted by atomic mass is 10.1. The molecule has 6 nitrogen and oxygen atoms in total. The number of halogens is 5. The number of amides is 1. The molecule has 1 amide bonds. The van der Waals surface area contributed by atoms with Crippen LogP contribution in [-0.4, -0.2) is 22.9 Å². The number of aromatic amines is 2. The summed E-state index contributed by atoms with van der Waals surface area (Å²) in [6.07, 6.45) is -3.22. The standard InChI is InChI=1S/C23H16F5N3O3/c1-11-20-12(10-29-11)7-16(30-21(20)32)22(33)31(2)17-8-13(23(26,27)28)3-5-19(17)34-18-6-4-14(24)9-15(18)25/h3-10,29H,1-2H3,(H,30,32). The first-order chi connectivity index (χ1) is 16.0. The zero-order chi connectivity index (χ0) is 24.8. The number of pyridine rings is 1. The summed E-state index contributed by atoms with van der Waals surface area (Å²) in [6.45, 7) is 1.67. The van der Waals surface area contributed by atoms with Gasteiger partial charge in [0.15, 0.2) is 17.3 Å². The maximum Gasteiger partial charge on any atom is 0.416 e. The molecule has 0 bridgehead atoms. The van der Waals surface area contributed by atoms with Gasteiger partial charge in [0.2, 0.25) is 0 Å². The third-order valence-corrected chi connectivity index (χ3v) is 5.18. The molecule has 0 atom stereocenters. The van der Waals surface area contributed by atoms with Crippen LogP contribution in [0.3, 0.4) is 0 Å². The molecule has 0 unspecified atom stereocenters. The van der Waals surface area contributed by atoms with Crippen molar-refractivity contribution in [2.45, 2.75) is 13.1 Å². The van der Waals surface area contributed by atoms with Crippen LogP contribution in [0.2, 0.25) is 0 Å². The maximum atomic E-state index is 14.1. The predicted molar refractivity (Wildman–Crippen MR) is 114 cm³/mol. The minimum atomic E-state index is -4.74. The summed E-state index contributed by atoms with van der Waals surface area (Å²) in [5, 5.41) is 0.779. The SMILES string of the molecule is Cc1[nH]cc2cc(C(=O)N(C)c3cc(C(F)(F)F)ccc3Oc3ccc(F)cc3F)[nH]c(=O)c12. The molecule has 0 saturated heterocycles. The fourth-order valence-corrected chi connectivity index (χ4v) is 3.46. The Morgan fingerprint density at radius 3 is 2.41 bits per heavy atom. The molecule has 0 aliphatic heterocycles. The van der Waals surface area contributed by atoms with E-state index in [1.54, 1.807) is 6.92 Å². The zero-order valence-electron chi connectivity index (χ0n) is 17.7. The number of aromatic nitrogens is 2. The van der Waals surface area contributed by atoms with Crippen molar-refractivity contribution in [2.75, 3.05) is 11.9 Å². The lowest BCUT2D eigenvalue weighted by Gasteiger charge is -2.22. The molecule has 0 fully saturated rings. The van der Waals surface area contributed by atoms with Gasteiger partial charge in [-0.05, 0) is 43.3 Å². The number of anilines is 1. The van der Waals surface area contributed by atoms with Gasteiger partial charge in [0.25, 0.3) is 11.5 Å². The van der Waals surface area contributed by atoms with Crippen LogP contribution in [0.4, 0.5) is 27.6 Å². The van der Waals surface area contributed by atoms with Crippen LogP contribution in [0.25, 0.3) is 10.8 Å². The highest BCUT2D eigenvalue weighted by molar-refractivity contribution is 6.07. The molecule has 2 aromatic carbocycles. The molecule has 11 heteroatoms. The minimum Gasteiger partial charge on any atom is -0.452 e. The summed E-state index contributed by atoms with van der Waals surface area (Å²) < 4.78 is 72.8. The van der Waals surface area contributed by atoms with E-state index >= 15 is 0 Å². The fourth-order valence-electron chi connectivity index (χ4n) is 3.46. The number of nitrogens with zero attached hydrogens (tertiary/aromatic N) is 1. The summed E-state index contributed by atoms with van der Waals surface area (Å²) in [5.41, 5.74) is -1.59. The van der Waals surface area contributed by atoms with Crippen molar-refractivity contribution in [1.82, 2.24) is 9.97 Å². The second kappa shape index (κ2) is 8.32. The van der Waals surface area contributed by atoms with E-state index in [0.717, 1.165) is 23.1 Å². The molecule has 0 spiro atoms. The number of benzene rings is 2. The number of H-pyrrole nitrogens is 2. The Labute approximate surface area is 188 Å². The third kappa shape index (κ3) is 4.24. The Morgan fingerprint density at radius 2 is 1.74 bits per heavy atom. The molecule has 4 rings (SSSR count). The Morgan fingerprint density at radius 1 is 1.03 bits per heavy atom. The van der Waals surface area contributed by atoms with Crippen molar-refractivity contribution >= 4 is 22.4 Å². The van der Waals surface area contributed by atoms with E-state index in [1.807, 2.05) is 0 Å². The van der Waals surface area contributed by atoms with Gasteiger partial charge < -0.3 is 19.6 Å². The number of aryl methyl sites for hydroxylation is 1. The predicted octanol–water partition coefficient (Wildman–Crippen LogP) is 5.53. The summed E-state index contributed by atoms with van der Waals surface area (Å²) in [5.74, 6) is -3.56. The van der Waals surface area contributed by atoms with Gasteiger partial charge in [-0.1, -0.05) is 0 Å². The van der Waals surface area contributed by atoms with E-state index in [4.69, 9.17) is 4.74 Å². The average Bonchev–Trinajstić information content (AvgIpc) is 3.15. The molecule has 0 radical (unpaired) electrons. The number of nitrogens with one attached hydrogen (secondary N) is 2. The molecule has 0 aliphatic carbocycles. The van der Waals surface area contributed by atoms with Crippen LogP contribution in [0, 0.1) is 18.6 Å². The quantitative estimate of drug-likeness (QED) is 0.380. The number of ether oxygens (including phenoxy) is 1. The van der Waals surface area contributed by atoms with Crippen molar-refractivity contribution in [1.29, 1.82) is 0 Å². The van der Waals surface area contributed by atoms with Crippen molar-refractivity contribution in [3.8, 4) is 11.5 Å². The van der Waals surface area contributed by atoms with Gasteiger partial charge >= 0.3 is 6.18 Å². The van der Waals surface area contributed by atoms with E-state index in [9.17, 15) is 31.5 Å². The highest BCUT2D eigenvalue weighted by Crippen LogP contribution is 2.39. The van der Waals surface area contributed by atoms with E-state index in [-0.39, 0.29) is 17.1 Å². The van der Waals surface area contributed by atoms with Crippen LogP contribution >= 0.6 is 0 Å². The second-order valence-electron chi connectivity index (χ2n) is 7.48. The second-order valence-corrected chi connectivity index (χ2v) is 7.48. The minimum absolute atomic E-state index is 0.185. The molecule has 2 aromatic heterocycles. The molecular formula is C23H16F5N3O3. The Balaban J connectivity index is 1.79. The zero-order valence-corrected chi connectivity index (χ0v) is 17.7. The molecular weight excluding hydrogens is 461 g/mol. The third-order valence-electron chi connectivity index (χ3n) is 5.18. The van der Waals surface area contributed by atoms with Crippen LogP contribution in [0.5, 0.6) is 11.5 Å². The molecule has 4 aromatic rings. The lowest BCUT2D eigenvalue weighted by molar-refractivity contribution is -0.137. The topological polar surface area (TPSA) is 78.2 Å². The smallest absolute Gasteiger partial charge is 0.416 e. The monoisotopic (exact) mass is 477 g/mol. The van der Waals surface area contributed by atoms with Crippen LogP contribution in [-0.2, 0) is 6.18 Å². The van der Waals surface area contributed by atoms with Crippen molar-refractivity contribution in [2.24, 2.45) is 0 Å². The van der Waals surface area contributed by atoms with Gasteiger partial charge in [-0.25, -0.2) is 8.78 Å². The summed E-state index contributed by atoms with van der Waals surface area (Å²) in [4.78, 5) is 31.6. The number of hydrogen-bond acceptors (Lipinski definition) is 3. The summed E-state index contributed by atoms with van der Waals surface area (Å²) in [6, 6.07) is 6.09. The Bertz CT molecular complexity index is 1470. The highest BCUT2D eigenvalue weighted by Gasteiger charge is 2.32. The van der Waals surface area contributed by atoms with Gasteiger partial charge in [0, 0.05) is 30.4 Å². The molecule has 34 heavy (non-hydrogen) atoms. The van der Waals surface area contributed by atoms with Crippen LogP contribution in [0.1, 0.15) is 21.7 Å². The summed E-state index contributed by atoms with van der Waals surface area (Å²) >= 11 is 0. The first kappa shape index (κ1) is 23.0. The van der Waals surface area contributed by atoms with Crippen LogP contribution < -0.4 is 15.2 Å². The lowest BCUT2D eigenvalue weighted by Crippen LogP contribution is -2.29. The molecule has 176 valence electrons. The number of carbonyl (C=O) groups excluding carboxylic acids is 1. The number of fused-ring (bicyclic) bond motifs is 1. The van der Waals surface area contributed by atoms with E-state index in [2.05, 4.69) is 9.97 Å². The average molecular weight is 477 g/mol. The van der Waals surface area contributed by atoms with Crippen molar-refractivity contribution in [3.63, 3.8) is 0 Å². The van der Waals surface area contributed by atoms with Gasteiger partial charge in [-0.15, -0.1) is 0 Å². The number of hydrogen-bond donors (Lipinski definition) is 2. The van der Waals surface area contributed by atoms with Gasteiger partial charge in [0.1, 0.15) is 11.5 Å². The van der Waals surface area contributed by atoms with Crippen LogP contribution in [0.15, 0.2) is 53.5 Å². The first-order valence-corrected chi connectivity index (χ1v) is 9.79. The molecule has 2 N–H and O–H groups in total. The Kier molecular flexibility index (Phi) is 5.64. The largest absolute Gasteiger partial charge is 0.452 e. The van der Waals surface area contributed by atoms with E-state index in [0.29, 0.717) is 34.7 Å². The molecule has 0 aliphatic rings. The Hall–Kier alpha value is -4.15. The number of rotatable bonds is 4. The van der Waals surface area contributed by atoms with Gasteiger partial charge in [-0.3, -0.25) is 9.59 Å². The number of alkyl halides is 3. The van der Waals surface area contributed by atoms with Crippen molar-refractivity contribution in [3.05, 3.63) is 87.6 Å². The maximum absolute atomic E-state index is 14.1. The van der Waals surface area contributed by atoms with Gasteiger partial charge in [0.05, 0.1) is 16.6 Å². The van der Waals surface area contributed by atoms with E-state index in [1.165, 1.54) is 19.3 Å². The molecule has 0 saturated carbocycles.